The first-order chi connectivity index (χ1) is 19.2. The number of aliphatic hydroxyl groups excluding tert-OH is 2. The maximum Gasteiger partial charge on any atom is 0.252 e. The molecule has 2 aliphatic rings. The highest BCUT2D eigenvalue weighted by Crippen LogP contribution is 2.37. The Morgan fingerprint density at radius 1 is 1.32 bits per heavy atom. The summed E-state index contributed by atoms with van der Waals surface area (Å²) in [5, 5.41) is 23.5. The lowest BCUT2D eigenvalue weighted by Gasteiger charge is -2.41. The van der Waals surface area contributed by atoms with Gasteiger partial charge in [-0.25, -0.2) is 0 Å². The molecule has 222 valence electrons. The van der Waals surface area contributed by atoms with Crippen LogP contribution in [0.4, 0.5) is 0 Å². The molecule has 1 saturated heterocycles. The molecule has 0 radical (unpaired) electrons. The lowest BCUT2D eigenvalue weighted by Crippen LogP contribution is -2.57. The van der Waals surface area contributed by atoms with Crippen molar-refractivity contribution in [3.63, 3.8) is 0 Å². The Morgan fingerprint density at radius 2 is 2.10 bits per heavy atom. The SMILES string of the molecule is COc1cc(C=O)cc(I)c1O[C@H]1C=C(C(=O)NCCO)C[C@@H](N(CCCOC(C)C)C(=O)C2CCCO2)[C@@H]1O. The monoisotopic (exact) mass is 674 g/mol. The zero-order valence-corrected chi connectivity index (χ0v) is 25.3. The fourth-order valence-corrected chi connectivity index (χ4v) is 5.54. The van der Waals surface area contributed by atoms with Crippen molar-refractivity contribution < 1.29 is 43.5 Å². The predicted octanol–water partition coefficient (Wildman–Crippen LogP) is 1.85. The number of aliphatic hydroxyl groups is 2. The highest BCUT2D eigenvalue weighted by molar-refractivity contribution is 14.1. The zero-order valence-electron chi connectivity index (χ0n) is 23.1. The maximum atomic E-state index is 13.7. The van der Waals surface area contributed by atoms with E-state index in [9.17, 15) is 24.6 Å². The van der Waals surface area contributed by atoms with Gasteiger partial charge in [-0.3, -0.25) is 14.4 Å². The molecule has 12 heteroatoms. The number of nitrogens with zero attached hydrogens (tertiary/aromatic N) is 1. The van der Waals surface area contributed by atoms with Crippen molar-refractivity contribution in [1.29, 1.82) is 0 Å². The molecule has 1 aliphatic carbocycles. The molecule has 1 aliphatic heterocycles. The Kier molecular flexibility index (Phi) is 12.6. The van der Waals surface area contributed by atoms with Crippen LogP contribution in [0.1, 0.15) is 49.9 Å². The van der Waals surface area contributed by atoms with Gasteiger partial charge >= 0.3 is 0 Å². The van der Waals surface area contributed by atoms with Crippen molar-refractivity contribution in [2.45, 2.75) is 70.0 Å². The number of amides is 2. The van der Waals surface area contributed by atoms with Crippen molar-refractivity contribution >= 4 is 40.7 Å². The number of aldehydes is 1. The van der Waals surface area contributed by atoms with Gasteiger partial charge in [0, 0.05) is 43.9 Å². The number of hydrogen-bond acceptors (Lipinski definition) is 9. The van der Waals surface area contributed by atoms with E-state index in [1.807, 2.05) is 36.4 Å². The Hall–Kier alpha value is -2.26. The first-order valence-electron chi connectivity index (χ1n) is 13.5. The van der Waals surface area contributed by atoms with Crippen molar-refractivity contribution in [3.05, 3.63) is 32.9 Å². The molecular weight excluding hydrogens is 635 g/mol. The molecule has 3 N–H and O–H groups in total. The molecule has 11 nitrogen and oxygen atoms in total. The summed E-state index contributed by atoms with van der Waals surface area (Å²) in [5.74, 6) is -0.0808. The molecule has 0 aromatic heterocycles. The van der Waals surface area contributed by atoms with Gasteiger partial charge in [-0.1, -0.05) is 0 Å². The molecule has 3 rings (SSSR count). The van der Waals surface area contributed by atoms with Crippen molar-refractivity contribution in [2.24, 2.45) is 0 Å². The van der Waals surface area contributed by atoms with E-state index in [-0.39, 0.29) is 31.6 Å². The number of halogens is 1. The highest BCUT2D eigenvalue weighted by Gasteiger charge is 2.42. The van der Waals surface area contributed by atoms with Gasteiger partial charge in [-0.05, 0) is 73.9 Å². The minimum Gasteiger partial charge on any atom is -0.493 e. The molecule has 0 spiro atoms. The number of benzene rings is 1. The third kappa shape index (κ3) is 8.38. The molecule has 1 aromatic carbocycles. The van der Waals surface area contributed by atoms with E-state index in [0.29, 0.717) is 65.1 Å². The molecule has 2 amide bonds. The van der Waals surface area contributed by atoms with Crippen LogP contribution in [0.25, 0.3) is 0 Å². The molecule has 1 aromatic rings. The van der Waals surface area contributed by atoms with Gasteiger partial charge in [0.1, 0.15) is 24.6 Å². The summed E-state index contributed by atoms with van der Waals surface area (Å²) >= 11 is 2.01. The number of nitrogens with one attached hydrogen (secondary N) is 1. The lowest BCUT2D eigenvalue weighted by molar-refractivity contribution is -0.148. The third-order valence-electron chi connectivity index (χ3n) is 6.74. The molecule has 1 fully saturated rings. The molecule has 4 atom stereocenters. The average molecular weight is 675 g/mol. The normalized spacial score (nSPS) is 22.5. The summed E-state index contributed by atoms with van der Waals surface area (Å²) in [6, 6.07) is 2.36. The number of hydrogen-bond donors (Lipinski definition) is 3. The minimum atomic E-state index is -1.20. The van der Waals surface area contributed by atoms with Crippen LogP contribution in [0.15, 0.2) is 23.8 Å². The van der Waals surface area contributed by atoms with Gasteiger partial charge in [0.2, 0.25) is 5.91 Å². The van der Waals surface area contributed by atoms with Crippen LogP contribution in [0.5, 0.6) is 11.5 Å². The maximum absolute atomic E-state index is 13.7. The zero-order chi connectivity index (χ0) is 29.2. The Balaban J connectivity index is 1.96. The van der Waals surface area contributed by atoms with Crippen LogP contribution in [-0.4, -0.2) is 104 Å². The van der Waals surface area contributed by atoms with Crippen LogP contribution >= 0.6 is 22.6 Å². The van der Waals surface area contributed by atoms with Crippen molar-refractivity contribution in [2.75, 3.05) is 40.0 Å². The molecule has 1 unspecified atom stereocenters. The van der Waals surface area contributed by atoms with E-state index in [2.05, 4.69) is 5.32 Å². The van der Waals surface area contributed by atoms with Crippen LogP contribution < -0.4 is 14.8 Å². The second-order valence-corrected chi connectivity index (χ2v) is 11.1. The summed E-state index contributed by atoms with van der Waals surface area (Å²) in [6.45, 7) is 4.89. The van der Waals surface area contributed by atoms with Gasteiger partial charge in [-0.2, -0.15) is 0 Å². The first kappa shape index (κ1) is 32.3. The van der Waals surface area contributed by atoms with E-state index in [1.54, 1.807) is 11.0 Å². The second-order valence-electron chi connectivity index (χ2n) is 9.97. The van der Waals surface area contributed by atoms with Gasteiger partial charge in [0.25, 0.3) is 5.91 Å². The molecular formula is C28H39IN2O9. The third-order valence-corrected chi connectivity index (χ3v) is 7.54. The van der Waals surface area contributed by atoms with Gasteiger partial charge in [-0.15, -0.1) is 0 Å². The van der Waals surface area contributed by atoms with E-state index in [0.717, 1.165) is 6.42 Å². The Labute approximate surface area is 248 Å². The number of ether oxygens (including phenoxy) is 4. The molecule has 1 heterocycles. The molecule has 40 heavy (non-hydrogen) atoms. The van der Waals surface area contributed by atoms with Gasteiger partial charge < -0.3 is 39.4 Å². The Bertz CT molecular complexity index is 1060. The van der Waals surface area contributed by atoms with E-state index < -0.39 is 30.3 Å². The van der Waals surface area contributed by atoms with Crippen LogP contribution in [0.3, 0.4) is 0 Å². The summed E-state index contributed by atoms with van der Waals surface area (Å²) in [4.78, 5) is 39.6. The average Bonchev–Trinajstić information content (AvgIpc) is 3.48. The smallest absolute Gasteiger partial charge is 0.252 e. The minimum absolute atomic E-state index is 0.0354. The van der Waals surface area contributed by atoms with Crippen molar-refractivity contribution in [1.82, 2.24) is 10.2 Å². The fraction of sp³-hybridized carbons (Fsp3) is 0.607. The fourth-order valence-electron chi connectivity index (χ4n) is 4.79. The van der Waals surface area contributed by atoms with E-state index in [1.165, 1.54) is 19.3 Å². The standard InChI is InChI=1S/C28H39IN2O9/c1-17(2)38-11-5-8-31(28(36)22-6-4-10-39-22)21-14-19(27(35)30-7-9-32)15-23(25(21)34)40-26-20(29)12-18(16-33)13-24(26)37-3/h12-13,15-17,21-23,25,32,34H,4-11,14H2,1-3H3,(H,30,35)/t21-,22?,23+,25+/m1/s1. The molecule has 0 saturated carbocycles. The summed E-state index contributed by atoms with van der Waals surface area (Å²) in [6.07, 6.45) is 1.39. The summed E-state index contributed by atoms with van der Waals surface area (Å²) in [7, 11) is 1.44. The number of rotatable bonds is 14. The van der Waals surface area contributed by atoms with Crippen LogP contribution in [-0.2, 0) is 19.1 Å². The Morgan fingerprint density at radius 3 is 2.73 bits per heavy atom. The summed E-state index contributed by atoms with van der Waals surface area (Å²) < 4.78 is 23.6. The van der Waals surface area contributed by atoms with Crippen LogP contribution in [0, 0.1) is 3.57 Å². The number of carbonyl (C=O) groups is 3. The van der Waals surface area contributed by atoms with E-state index >= 15 is 0 Å². The summed E-state index contributed by atoms with van der Waals surface area (Å²) in [5.41, 5.74) is 0.711. The largest absolute Gasteiger partial charge is 0.493 e. The predicted molar refractivity (Wildman–Crippen MR) is 154 cm³/mol. The molecule has 0 bridgehead atoms. The highest BCUT2D eigenvalue weighted by atomic mass is 127. The number of carbonyl (C=O) groups excluding carboxylic acids is 3. The van der Waals surface area contributed by atoms with Gasteiger partial charge in [0.05, 0.1) is 29.4 Å². The lowest BCUT2D eigenvalue weighted by atomic mass is 9.87. The topological polar surface area (TPSA) is 144 Å². The quantitative estimate of drug-likeness (QED) is 0.153. The van der Waals surface area contributed by atoms with Crippen LogP contribution in [0.2, 0.25) is 0 Å². The van der Waals surface area contributed by atoms with E-state index in [4.69, 9.17) is 18.9 Å². The van der Waals surface area contributed by atoms with Crippen molar-refractivity contribution in [3.8, 4) is 11.5 Å². The second kappa shape index (κ2) is 15.7. The number of methoxy groups -OCH3 is 1. The first-order valence-corrected chi connectivity index (χ1v) is 14.6. The van der Waals surface area contributed by atoms with Gasteiger partial charge in [0.15, 0.2) is 11.5 Å².